The van der Waals surface area contributed by atoms with Crippen molar-refractivity contribution in [2.45, 2.75) is 10.8 Å². The number of hydrogen-bond donors (Lipinski definition) is 0. The van der Waals surface area contributed by atoms with Crippen molar-refractivity contribution >= 4 is 28.3 Å². The molecule has 0 saturated carbocycles. The molecular weight excluding hydrogens is 166 g/mol. The van der Waals surface area contributed by atoms with Crippen LogP contribution in [0.5, 0.6) is 0 Å². The maximum Gasteiger partial charge on any atom is 0.233 e. The monoisotopic (exact) mass is 176 g/mol. The van der Waals surface area contributed by atoms with E-state index in [-0.39, 0.29) is 5.50 Å². The molecule has 1 aliphatic heterocycles. The Hall–Kier alpha value is 0.0800. The Labute approximate surface area is 70.6 Å². The van der Waals surface area contributed by atoms with Gasteiger partial charge in [-0.25, -0.2) is 0 Å². The van der Waals surface area contributed by atoms with Crippen molar-refractivity contribution in [2.75, 3.05) is 14.1 Å². The van der Waals surface area contributed by atoms with Gasteiger partial charge in [0.1, 0.15) is 5.50 Å². The summed E-state index contributed by atoms with van der Waals surface area (Å²) < 4.78 is 0. The molecule has 0 N–H and O–H groups in total. The Bertz CT molecular complexity index is 153. The van der Waals surface area contributed by atoms with Gasteiger partial charge in [0.05, 0.1) is 0 Å². The average molecular weight is 177 g/mol. The summed E-state index contributed by atoms with van der Waals surface area (Å²) in [4.78, 5) is 2.02. The molecule has 2 unspecified atom stereocenters. The second kappa shape index (κ2) is 3.46. The Morgan fingerprint density at radius 1 is 1.60 bits per heavy atom. The Kier molecular flexibility index (Phi) is 2.83. The first-order valence-corrected chi connectivity index (χ1v) is 4.55. The molecular formula is C7H11ClNS+. The molecule has 1 heterocycles. The highest BCUT2D eigenvalue weighted by atomic mass is 35.5. The zero-order valence-electron chi connectivity index (χ0n) is 6.12. The summed E-state index contributed by atoms with van der Waals surface area (Å²) in [7, 11) is 3.98. The number of nitrogens with zero attached hydrogens (tertiary/aromatic N) is 1. The Morgan fingerprint density at radius 3 is 2.70 bits per heavy atom. The van der Waals surface area contributed by atoms with Crippen LogP contribution < -0.4 is 0 Å². The van der Waals surface area contributed by atoms with E-state index >= 15 is 0 Å². The van der Waals surface area contributed by atoms with Crippen LogP contribution in [0.1, 0.15) is 0 Å². The first-order chi connectivity index (χ1) is 4.72. The number of hydrogen-bond acceptors (Lipinski definition) is 1. The third-order valence-electron chi connectivity index (χ3n) is 1.38. The summed E-state index contributed by atoms with van der Waals surface area (Å²) >= 11 is 7.82. The first-order valence-electron chi connectivity index (χ1n) is 3.18. The lowest BCUT2D eigenvalue weighted by Crippen LogP contribution is -2.31. The van der Waals surface area contributed by atoms with E-state index in [0.29, 0.717) is 5.25 Å². The Morgan fingerprint density at radius 2 is 2.30 bits per heavy atom. The lowest BCUT2D eigenvalue weighted by atomic mass is 10.3. The van der Waals surface area contributed by atoms with Crippen molar-refractivity contribution in [3.05, 3.63) is 12.2 Å². The van der Waals surface area contributed by atoms with Gasteiger partial charge in [-0.1, -0.05) is 11.6 Å². The topological polar surface area (TPSA) is 3.24 Å². The van der Waals surface area contributed by atoms with Crippen LogP contribution in [0.3, 0.4) is 0 Å². The van der Waals surface area contributed by atoms with E-state index in [1.54, 1.807) is 11.4 Å². The third kappa shape index (κ3) is 1.78. The summed E-state index contributed by atoms with van der Waals surface area (Å²) in [5, 5.41) is 2.50. The zero-order valence-corrected chi connectivity index (χ0v) is 7.69. The van der Waals surface area contributed by atoms with Crippen molar-refractivity contribution < 1.29 is 0 Å². The maximum absolute atomic E-state index is 6.06. The van der Waals surface area contributed by atoms with Crippen molar-refractivity contribution in [2.24, 2.45) is 0 Å². The van der Waals surface area contributed by atoms with Crippen molar-refractivity contribution in [3.63, 3.8) is 0 Å². The highest BCUT2D eigenvalue weighted by Gasteiger charge is 2.28. The molecule has 0 radical (unpaired) electrons. The molecule has 0 amide bonds. The zero-order chi connectivity index (χ0) is 7.56. The van der Waals surface area contributed by atoms with Gasteiger partial charge in [-0.3, -0.25) is 4.90 Å². The van der Waals surface area contributed by atoms with E-state index in [4.69, 9.17) is 11.6 Å². The second-order valence-electron chi connectivity index (χ2n) is 2.46. The third-order valence-corrected chi connectivity index (χ3v) is 3.23. The van der Waals surface area contributed by atoms with Gasteiger partial charge in [-0.2, -0.15) is 0 Å². The van der Waals surface area contributed by atoms with Gasteiger partial charge in [-0.05, 0) is 26.2 Å². The minimum Gasteiger partial charge on any atom is -0.289 e. The molecule has 10 heavy (non-hydrogen) atoms. The van der Waals surface area contributed by atoms with E-state index < -0.39 is 0 Å². The normalized spacial score (nSPS) is 26.2. The molecule has 0 spiro atoms. The van der Waals surface area contributed by atoms with Gasteiger partial charge < -0.3 is 0 Å². The lowest BCUT2D eigenvalue weighted by Gasteiger charge is -2.14. The van der Waals surface area contributed by atoms with Gasteiger partial charge >= 0.3 is 0 Å². The number of rotatable bonds is 2. The fourth-order valence-corrected chi connectivity index (χ4v) is 1.97. The minimum atomic E-state index is 0.111. The van der Waals surface area contributed by atoms with E-state index in [0.717, 1.165) is 0 Å². The summed E-state index contributed by atoms with van der Waals surface area (Å²) in [5.41, 5.74) is 0.111. The molecule has 1 rings (SSSR count). The molecule has 0 aromatic heterocycles. The van der Waals surface area contributed by atoms with Gasteiger partial charge in [-0.15, -0.1) is 0 Å². The van der Waals surface area contributed by atoms with Crippen LogP contribution in [0, 0.1) is 0 Å². The van der Waals surface area contributed by atoms with Crippen LogP contribution >= 0.6 is 11.6 Å². The number of halogens is 1. The maximum atomic E-state index is 6.06. The number of allylic oxidation sites excluding steroid dienone is 1. The highest BCUT2D eigenvalue weighted by molar-refractivity contribution is 7.79. The van der Waals surface area contributed by atoms with E-state index in [9.17, 15) is 0 Å². The fraction of sp³-hybridized carbons (Fsp3) is 0.571. The molecule has 56 valence electrons. The van der Waals surface area contributed by atoms with Crippen LogP contribution in [0.15, 0.2) is 12.2 Å². The molecule has 0 fully saturated rings. The van der Waals surface area contributed by atoms with Crippen LogP contribution in [0.2, 0.25) is 0 Å². The highest BCUT2D eigenvalue weighted by Crippen LogP contribution is 2.11. The van der Waals surface area contributed by atoms with Crippen LogP contribution in [0.25, 0.3) is 0 Å². The summed E-state index contributed by atoms with van der Waals surface area (Å²) in [6, 6.07) is 0. The molecule has 0 saturated heterocycles. The minimum absolute atomic E-state index is 0.111. The molecule has 3 heteroatoms. The second-order valence-corrected chi connectivity index (χ2v) is 3.99. The van der Waals surface area contributed by atoms with Gasteiger partial charge in [0.2, 0.25) is 5.25 Å². The summed E-state index contributed by atoms with van der Waals surface area (Å²) in [5.74, 6) is 0. The number of alkyl halides is 1. The predicted molar refractivity (Wildman–Crippen MR) is 49.7 cm³/mol. The Balaban J connectivity index is 2.49. The SMILES string of the molecule is CN(C)C(Cl)C1C=CC=[S+]1. The quantitative estimate of drug-likeness (QED) is 0.262. The summed E-state index contributed by atoms with van der Waals surface area (Å²) in [6.45, 7) is 0. The fourth-order valence-electron chi connectivity index (χ4n) is 0.787. The molecule has 1 aliphatic rings. The van der Waals surface area contributed by atoms with Crippen LogP contribution in [0.4, 0.5) is 0 Å². The van der Waals surface area contributed by atoms with Crippen molar-refractivity contribution in [3.8, 4) is 0 Å². The smallest absolute Gasteiger partial charge is 0.233 e. The van der Waals surface area contributed by atoms with Crippen molar-refractivity contribution in [1.29, 1.82) is 0 Å². The van der Waals surface area contributed by atoms with Crippen LogP contribution in [-0.4, -0.2) is 35.1 Å². The van der Waals surface area contributed by atoms with Crippen LogP contribution in [-0.2, 0) is 11.4 Å². The molecule has 1 nitrogen and oxygen atoms in total. The standard InChI is InChI=1S/C7H11ClNS/c1-9(2)7(8)6-4-3-5-10-6/h3-7H,1-2H3/q+1. The van der Waals surface area contributed by atoms with Gasteiger partial charge in [0.25, 0.3) is 0 Å². The summed E-state index contributed by atoms with van der Waals surface area (Å²) in [6.07, 6.45) is 4.18. The largest absolute Gasteiger partial charge is 0.289 e. The van der Waals surface area contributed by atoms with E-state index in [1.807, 2.05) is 25.1 Å². The molecule has 0 bridgehead atoms. The van der Waals surface area contributed by atoms with E-state index in [2.05, 4.69) is 11.4 Å². The molecule has 0 aromatic rings. The lowest BCUT2D eigenvalue weighted by molar-refractivity contribution is 0.383. The van der Waals surface area contributed by atoms with Gasteiger partial charge in [0, 0.05) is 0 Å². The molecule has 2 atom stereocenters. The van der Waals surface area contributed by atoms with Crippen molar-refractivity contribution in [1.82, 2.24) is 4.90 Å². The first kappa shape index (κ1) is 8.18. The average Bonchev–Trinajstić information content (AvgIpc) is 2.36. The molecule has 0 aromatic carbocycles. The predicted octanol–water partition coefficient (Wildman–Crippen LogP) is 0.936. The van der Waals surface area contributed by atoms with Gasteiger partial charge in [0.15, 0.2) is 16.7 Å². The van der Waals surface area contributed by atoms with E-state index in [1.165, 1.54) is 0 Å². The molecule has 0 aliphatic carbocycles.